The molecule has 0 heterocycles. The topological polar surface area (TPSA) is 69.4 Å². The summed E-state index contributed by atoms with van der Waals surface area (Å²) in [5, 5.41) is 10.1. The lowest BCUT2D eigenvalue weighted by molar-refractivity contribution is -0.440. The zero-order valence-corrected chi connectivity index (χ0v) is 6.08. The van der Waals surface area contributed by atoms with Crippen molar-refractivity contribution in [3.05, 3.63) is 21.9 Å². The molecule has 0 bridgehead atoms. The average molecular weight is 178 g/mol. The van der Waals surface area contributed by atoms with Crippen molar-refractivity contribution in [3.8, 4) is 0 Å². The molecular formula is C5H4ClNO4. The van der Waals surface area contributed by atoms with Crippen LogP contribution in [0.4, 0.5) is 4.79 Å². The molecule has 0 radical (unpaired) electrons. The van der Waals surface area contributed by atoms with Crippen LogP contribution in [0.1, 0.15) is 6.42 Å². The summed E-state index contributed by atoms with van der Waals surface area (Å²) in [7, 11) is 0. The van der Waals surface area contributed by atoms with Crippen LogP contribution < -0.4 is 0 Å². The Morgan fingerprint density at radius 2 is 2.55 bits per heavy atom. The number of carbonyl (C=O) groups is 1. The highest BCUT2D eigenvalue weighted by atomic mass is 35.5. The Labute approximate surface area is 66.7 Å². The van der Waals surface area contributed by atoms with Gasteiger partial charge >= 0.3 is 5.43 Å². The molecule has 1 rings (SSSR count). The Morgan fingerprint density at radius 1 is 1.91 bits per heavy atom. The number of ether oxygens (including phenoxy) is 1. The highest BCUT2D eigenvalue weighted by molar-refractivity contribution is 6.61. The fraction of sp³-hybridized carbons (Fsp3) is 0.400. The number of nitro groups is 1. The van der Waals surface area contributed by atoms with Crippen molar-refractivity contribution in [2.75, 3.05) is 0 Å². The van der Waals surface area contributed by atoms with Crippen LogP contribution in [0.3, 0.4) is 0 Å². The van der Waals surface area contributed by atoms with Gasteiger partial charge in [-0.2, -0.15) is 0 Å². The lowest BCUT2D eigenvalue weighted by Crippen LogP contribution is -2.28. The van der Waals surface area contributed by atoms with Gasteiger partial charge in [0.15, 0.2) is 6.10 Å². The molecule has 1 aliphatic carbocycles. The third-order valence-electron chi connectivity index (χ3n) is 1.32. The van der Waals surface area contributed by atoms with Crippen LogP contribution >= 0.6 is 11.6 Å². The van der Waals surface area contributed by atoms with E-state index in [1.165, 1.54) is 6.08 Å². The molecule has 0 aromatic rings. The predicted octanol–water partition coefficient (Wildman–Crippen LogP) is 1.29. The second-order valence-corrected chi connectivity index (χ2v) is 2.27. The zero-order chi connectivity index (χ0) is 8.43. The summed E-state index contributed by atoms with van der Waals surface area (Å²) >= 11 is 4.84. The molecule has 0 aromatic carbocycles. The van der Waals surface area contributed by atoms with Crippen molar-refractivity contribution in [1.29, 1.82) is 0 Å². The molecule has 0 aromatic heterocycles. The van der Waals surface area contributed by atoms with E-state index in [9.17, 15) is 14.9 Å². The van der Waals surface area contributed by atoms with Crippen LogP contribution in [0.2, 0.25) is 0 Å². The van der Waals surface area contributed by atoms with Crippen molar-refractivity contribution < 1.29 is 14.5 Å². The molecule has 0 amide bonds. The van der Waals surface area contributed by atoms with Gasteiger partial charge in [0.1, 0.15) is 0 Å². The Balaban J connectivity index is 2.49. The molecule has 0 unspecified atom stereocenters. The minimum absolute atomic E-state index is 0.0981. The van der Waals surface area contributed by atoms with Crippen LogP contribution in [-0.2, 0) is 4.74 Å². The van der Waals surface area contributed by atoms with Gasteiger partial charge in [-0.1, -0.05) is 0 Å². The number of rotatable bonds is 2. The van der Waals surface area contributed by atoms with Gasteiger partial charge in [0.05, 0.1) is 4.92 Å². The van der Waals surface area contributed by atoms with Gasteiger partial charge in [-0.3, -0.25) is 10.1 Å². The van der Waals surface area contributed by atoms with E-state index < -0.39 is 16.5 Å². The number of nitrogens with zero attached hydrogens (tertiary/aromatic N) is 1. The number of halogens is 1. The molecule has 0 saturated carbocycles. The summed E-state index contributed by atoms with van der Waals surface area (Å²) in [5.74, 6) is 0. The highest BCUT2D eigenvalue weighted by Crippen LogP contribution is 2.23. The van der Waals surface area contributed by atoms with E-state index >= 15 is 0 Å². The van der Waals surface area contributed by atoms with Crippen LogP contribution in [0.25, 0.3) is 0 Å². The van der Waals surface area contributed by atoms with E-state index in [-0.39, 0.29) is 5.70 Å². The van der Waals surface area contributed by atoms with E-state index in [0.717, 1.165) is 0 Å². The van der Waals surface area contributed by atoms with Crippen molar-refractivity contribution >= 4 is 17.0 Å². The van der Waals surface area contributed by atoms with Gasteiger partial charge in [0, 0.05) is 18.0 Å². The molecule has 1 atom stereocenters. The van der Waals surface area contributed by atoms with Gasteiger partial charge in [-0.25, -0.2) is 4.79 Å². The normalized spacial score (nSPS) is 21.5. The fourth-order valence-corrected chi connectivity index (χ4v) is 0.839. The largest absolute Gasteiger partial charge is 0.438 e. The fourth-order valence-electron chi connectivity index (χ4n) is 0.732. The van der Waals surface area contributed by atoms with E-state index in [4.69, 9.17) is 11.6 Å². The van der Waals surface area contributed by atoms with E-state index in [2.05, 4.69) is 4.74 Å². The number of hydrogen-bond donors (Lipinski definition) is 0. The third kappa shape index (κ3) is 1.68. The Bertz CT molecular complexity index is 237. The number of hydrogen-bond acceptors (Lipinski definition) is 4. The van der Waals surface area contributed by atoms with Crippen LogP contribution in [0, 0.1) is 10.1 Å². The van der Waals surface area contributed by atoms with Crippen molar-refractivity contribution in [2.45, 2.75) is 12.5 Å². The molecular weight excluding hydrogens is 174 g/mol. The molecule has 0 saturated heterocycles. The second kappa shape index (κ2) is 2.87. The first-order chi connectivity index (χ1) is 5.11. The first-order valence-corrected chi connectivity index (χ1v) is 3.19. The molecule has 60 valence electrons. The molecule has 0 fully saturated rings. The lowest BCUT2D eigenvalue weighted by Gasteiger charge is -2.17. The highest BCUT2D eigenvalue weighted by Gasteiger charge is 2.34. The summed E-state index contributed by atoms with van der Waals surface area (Å²) in [6, 6.07) is 0. The van der Waals surface area contributed by atoms with Crippen LogP contribution in [0.5, 0.6) is 0 Å². The SMILES string of the molecule is O=C(Cl)O[C@H]1CC=C1[N+](=O)[O-]. The molecule has 6 heteroatoms. The Morgan fingerprint density at radius 3 is 2.82 bits per heavy atom. The second-order valence-electron chi connectivity index (χ2n) is 1.97. The standard InChI is InChI=1S/C5H4ClNO4/c6-5(8)11-4-2-1-3(4)7(9)10/h1,4H,2H2/t4-/m0/s1. The molecule has 0 N–H and O–H groups in total. The van der Waals surface area contributed by atoms with Gasteiger partial charge in [-0.15, -0.1) is 0 Å². The quantitative estimate of drug-likeness (QED) is 0.362. The predicted molar refractivity (Wildman–Crippen MR) is 35.8 cm³/mol. The molecule has 0 aliphatic heterocycles. The summed E-state index contributed by atoms with van der Waals surface area (Å²) in [6.07, 6.45) is 0.995. The van der Waals surface area contributed by atoms with Gasteiger partial charge in [-0.05, 0) is 6.08 Å². The van der Waals surface area contributed by atoms with Gasteiger partial charge in [0.25, 0.3) is 5.70 Å². The molecule has 5 nitrogen and oxygen atoms in total. The number of carbonyl (C=O) groups excluding carboxylic acids is 1. The minimum atomic E-state index is -1.01. The summed E-state index contributed by atoms with van der Waals surface area (Å²) in [4.78, 5) is 19.6. The maximum absolute atomic E-state index is 10.1. The van der Waals surface area contributed by atoms with E-state index in [1.807, 2.05) is 0 Å². The maximum Gasteiger partial charge on any atom is 0.404 e. The van der Waals surface area contributed by atoms with Crippen molar-refractivity contribution in [2.24, 2.45) is 0 Å². The smallest absolute Gasteiger partial charge is 0.404 e. The molecule has 0 spiro atoms. The first kappa shape index (κ1) is 8.00. The third-order valence-corrected chi connectivity index (χ3v) is 1.41. The molecule has 11 heavy (non-hydrogen) atoms. The zero-order valence-electron chi connectivity index (χ0n) is 5.32. The monoisotopic (exact) mass is 177 g/mol. The molecule has 1 aliphatic rings. The summed E-state index contributed by atoms with van der Waals surface area (Å²) in [5.41, 5.74) is -1.11. The van der Waals surface area contributed by atoms with Gasteiger partial charge < -0.3 is 4.74 Å². The lowest BCUT2D eigenvalue weighted by atomic mass is 10.0. The van der Waals surface area contributed by atoms with Crippen molar-refractivity contribution in [3.63, 3.8) is 0 Å². The van der Waals surface area contributed by atoms with Crippen LogP contribution in [0.15, 0.2) is 11.8 Å². The minimum Gasteiger partial charge on any atom is -0.438 e. The average Bonchev–Trinajstić information content (AvgIpc) is 1.78. The first-order valence-electron chi connectivity index (χ1n) is 2.82. The summed E-state index contributed by atoms with van der Waals surface area (Å²) < 4.78 is 4.38. The van der Waals surface area contributed by atoms with E-state index in [0.29, 0.717) is 6.42 Å². The Kier molecular flexibility index (Phi) is 2.09. The van der Waals surface area contributed by atoms with Crippen molar-refractivity contribution in [1.82, 2.24) is 0 Å². The summed E-state index contributed by atoms with van der Waals surface area (Å²) in [6.45, 7) is 0. The Hall–Kier alpha value is -1.10. The van der Waals surface area contributed by atoms with E-state index in [1.54, 1.807) is 0 Å². The van der Waals surface area contributed by atoms with Gasteiger partial charge in [0.2, 0.25) is 0 Å². The van der Waals surface area contributed by atoms with Crippen LogP contribution in [-0.4, -0.2) is 16.5 Å². The maximum atomic E-state index is 10.1.